The number of esters is 1. The highest BCUT2D eigenvalue weighted by atomic mass is 19.4. The van der Waals surface area contributed by atoms with Crippen molar-refractivity contribution in [1.82, 2.24) is 4.90 Å². The molecule has 2 aliphatic heterocycles. The SMILES string of the molecule is CCC1(CC)CC(CCN2CCN(c3cccc(C(F)(F)F)c3)CC2)OC1=O.O=C(O)C(F)(F)F. The summed E-state index contributed by atoms with van der Waals surface area (Å²) in [7, 11) is 0. The van der Waals surface area contributed by atoms with Crippen LogP contribution in [0.15, 0.2) is 24.3 Å². The molecule has 1 aromatic rings. The van der Waals surface area contributed by atoms with Crippen molar-refractivity contribution in [3.8, 4) is 0 Å². The largest absolute Gasteiger partial charge is 0.490 e. The number of carboxylic acids is 1. The molecule has 2 aliphatic rings. The normalized spacial score (nSPS) is 20.7. The molecule has 0 bridgehead atoms. The fourth-order valence-electron chi connectivity index (χ4n) is 4.26. The third-order valence-corrected chi connectivity index (χ3v) is 6.60. The molecule has 198 valence electrons. The number of carbonyl (C=O) groups excluding carboxylic acids is 1. The first-order valence-corrected chi connectivity index (χ1v) is 11.4. The molecule has 0 amide bonds. The molecule has 2 saturated heterocycles. The van der Waals surface area contributed by atoms with E-state index in [9.17, 15) is 31.1 Å². The Morgan fingerprint density at radius 3 is 2.11 bits per heavy atom. The number of carboxylic acid groups (broad SMARTS) is 1. The molecular formula is C23H30F6N2O4. The number of rotatable bonds is 6. The van der Waals surface area contributed by atoms with Crippen LogP contribution in [-0.2, 0) is 20.5 Å². The zero-order valence-corrected chi connectivity index (χ0v) is 19.6. The Kier molecular flexibility index (Phi) is 9.43. The highest BCUT2D eigenvalue weighted by Crippen LogP contribution is 2.41. The molecule has 0 radical (unpaired) electrons. The van der Waals surface area contributed by atoms with Crippen LogP contribution in [0.1, 0.15) is 45.1 Å². The number of alkyl halides is 6. The van der Waals surface area contributed by atoms with Gasteiger partial charge in [-0.3, -0.25) is 9.69 Å². The zero-order chi connectivity index (χ0) is 26.4. The minimum absolute atomic E-state index is 0.0195. The fourth-order valence-corrected chi connectivity index (χ4v) is 4.26. The predicted octanol–water partition coefficient (Wildman–Crippen LogP) is 4.97. The summed E-state index contributed by atoms with van der Waals surface area (Å²) in [4.78, 5) is 25.4. The van der Waals surface area contributed by atoms with E-state index in [4.69, 9.17) is 14.6 Å². The molecule has 2 heterocycles. The van der Waals surface area contributed by atoms with Crippen LogP contribution in [0.25, 0.3) is 0 Å². The second-order valence-electron chi connectivity index (χ2n) is 8.69. The van der Waals surface area contributed by atoms with Gasteiger partial charge in [0.1, 0.15) is 6.10 Å². The van der Waals surface area contributed by atoms with Gasteiger partial charge in [0.2, 0.25) is 0 Å². The van der Waals surface area contributed by atoms with Gasteiger partial charge in [-0.25, -0.2) is 4.79 Å². The van der Waals surface area contributed by atoms with Crippen LogP contribution in [-0.4, -0.2) is 66.9 Å². The Morgan fingerprint density at radius 1 is 1.09 bits per heavy atom. The van der Waals surface area contributed by atoms with Gasteiger partial charge in [0.25, 0.3) is 0 Å². The average molecular weight is 512 g/mol. The first-order valence-electron chi connectivity index (χ1n) is 11.4. The zero-order valence-electron chi connectivity index (χ0n) is 19.6. The maximum absolute atomic E-state index is 12.9. The molecule has 1 aromatic carbocycles. The molecule has 12 heteroatoms. The summed E-state index contributed by atoms with van der Waals surface area (Å²) in [6, 6.07) is 5.53. The lowest BCUT2D eigenvalue weighted by atomic mass is 9.79. The number of ether oxygens (including phenoxy) is 1. The first kappa shape index (κ1) is 28.7. The van der Waals surface area contributed by atoms with E-state index in [2.05, 4.69) is 4.90 Å². The number of piperazine rings is 1. The monoisotopic (exact) mass is 512 g/mol. The van der Waals surface area contributed by atoms with Crippen molar-refractivity contribution in [2.75, 3.05) is 37.6 Å². The van der Waals surface area contributed by atoms with E-state index in [-0.39, 0.29) is 17.5 Å². The first-order chi connectivity index (χ1) is 16.2. The van der Waals surface area contributed by atoms with Crippen LogP contribution in [0.4, 0.5) is 32.0 Å². The second-order valence-corrected chi connectivity index (χ2v) is 8.69. The van der Waals surface area contributed by atoms with Gasteiger partial charge in [0, 0.05) is 44.8 Å². The van der Waals surface area contributed by atoms with Gasteiger partial charge in [-0.1, -0.05) is 19.9 Å². The van der Waals surface area contributed by atoms with Crippen molar-refractivity contribution in [3.63, 3.8) is 0 Å². The Hall–Kier alpha value is -2.50. The van der Waals surface area contributed by atoms with Crippen molar-refractivity contribution < 1.29 is 45.8 Å². The molecule has 1 unspecified atom stereocenters. The molecular weight excluding hydrogens is 482 g/mol. The smallest absolute Gasteiger partial charge is 0.475 e. The van der Waals surface area contributed by atoms with Crippen LogP contribution in [0.3, 0.4) is 0 Å². The summed E-state index contributed by atoms with van der Waals surface area (Å²) in [5.74, 6) is -2.82. The number of cyclic esters (lactones) is 1. The third kappa shape index (κ3) is 7.74. The Labute approximate surface area is 199 Å². The Balaban J connectivity index is 0.000000540. The van der Waals surface area contributed by atoms with Crippen LogP contribution < -0.4 is 4.90 Å². The average Bonchev–Trinajstić information content (AvgIpc) is 3.13. The van der Waals surface area contributed by atoms with Gasteiger partial charge in [0.05, 0.1) is 11.0 Å². The molecule has 1 atom stereocenters. The molecule has 0 saturated carbocycles. The predicted molar refractivity (Wildman–Crippen MR) is 116 cm³/mol. The Bertz CT molecular complexity index is 862. The van der Waals surface area contributed by atoms with E-state index in [0.29, 0.717) is 18.8 Å². The van der Waals surface area contributed by atoms with E-state index < -0.39 is 23.9 Å². The lowest BCUT2D eigenvalue weighted by Gasteiger charge is -2.36. The maximum atomic E-state index is 12.9. The number of hydrogen-bond donors (Lipinski definition) is 1. The number of carbonyl (C=O) groups is 2. The summed E-state index contributed by atoms with van der Waals surface area (Å²) in [5, 5.41) is 7.12. The van der Waals surface area contributed by atoms with Crippen molar-refractivity contribution in [2.45, 2.75) is 58.0 Å². The molecule has 0 aromatic heterocycles. The van der Waals surface area contributed by atoms with E-state index >= 15 is 0 Å². The van der Waals surface area contributed by atoms with Gasteiger partial charge in [-0.2, -0.15) is 26.3 Å². The van der Waals surface area contributed by atoms with Crippen LogP contribution >= 0.6 is 0 Å². The van der Waals surface area contributed by atoms with Gasteiger partial charge in [-0.15, -0.1) is 0 Å². The number of halogens is 6. The maximum Gasteiger partial charge on any atom is 0.490 e. The number of hydrogen-bond acceptors (Lipinski definition) is 5. The lowest BCUT2D eigenvalue weighted by Crippen LogP contribution is -2.47. The lowest BCUT2D eigenvalue weighted by molar-refractivity contribution is -0.192. The quantitative estimate of drug-likeness (QED) is 0.429. The van der Waals surface area contributed by atoms with Crippen molar-refractivity contribution in [2.24, 2.45) is 5.41 Å². The minimum atomic E-state index is -5.08. The van der Waals surface area contributed by atoms with Crippen LogP contribution in [0.2, 0.25) is 0 Å². The summed E-state index contributed by atoms with van der Waals surface area (Å²) in [6.45, 7) is 7.91. The second kappa shape index (κ2) is 11.5. The van der Waals surface area contributed by atoms with E-state index in [1.165, 1.54) is 12.1 Å². The number of benzene rings is 1. The molecule has 6 nitrogen and oxygen atoms in total. The summed E-state index contributed by atoms with van der Waals surface area (Å²) >= 11 is 0. The highest BCUT2D eigenvalue weighted by Gasteiger charge is 2.46. The Morgan fingerprint density at radius 2 is 1.66 bits per heavy atom. The number of anilines is 1. The van der Waals surface area contributed by atoms with E-state index in [1.54, 1.807) is 6.07 Å². The summed E-state index contributed by atoms with van der Waals surface area (Å²) in [5.41, 5.74) is -0.298. The van der Waals surface area contributed by atoms with Gasteiger partial charge >= 0.3 is 24.3 Å². The summed E-state index contributed by atoms with van der Waals surface area (Å²) < 4.78 is 76.1. The van der Waals surface area contributed by atoms with Crippen LogP contribution in [0, 0.1) is 5.41 Å². The molecule has 1 N–H and O–H groups in total. The number of aliphatic carboxylic acids is 1. The summed E-state index contributed by atoms with van der Waals surface area (Å²) in [6.07, 6.45) is -6.18. The van der Waals surface area contributed by atoms with Crippen molar-refractivity contribution >= 4 is 17.6 Å². The van der Waals surface area contributed by atoms with Crippen molar-refractivity contribution in [1.29, 1.82) is 0 Å². The standard InChI is InChI=1S/C21H29F3N2O2.C2HF3O2/c1-3-20(4-2)15-18(28-19(20)27)8-9-25-10-12-26(13-11-25)17-7-5-6-16(14-17)21(22,23)24;3-2(4,5)1(6)7/h5-7,14,18H,3-4,8-13,15H2,1-2H3;(H,6,7). The van der Waals surface area contributed by atoms with Crippen LogP contribution in [0.5, 0.6) is 0 Å². The fraction of sp³-hybridized carbons (Fsp3) is 0.652. The highest BCUT2D eigenvalue weighted by molar-refractivity contribution is 5.79. The van der Waals surface area contributed by atoms with Gasteiger partial charge in [0.15, 0.2) is 0 Å². The molecule has 35 heavy (non-hydrogen) atoms. The molecule has 0 spiro atoms. The topological polar surface area (TPSA) is 70.1 Å². The minimum Gasteiger partial charge on any atom is -0.475 e. The van der Waals surface area contributed by atoms with Gasteiger partial charge < -0.3 is 14.7 Å². The van der Waals surface area contributed by atoms with E-state index in [1.807, 2.05) is 18.7 Å². The third-order valence-electron chi connectivity index (χ3n) is 6.60. The molecule has 3 rings (SSSR count). The number of nitrogens with zero attached hydrogens (tertiary/aromatic N) is 2. The van der Waals surface area contributed by atoms with E-state index in [0.717, 1.165) is 51.4 Å². The van der Waals surface area contributed by atoms with Crippen molar-refractivity contribution in [3.05, 3.63) is 29.8 Å². The molecule has 2 fully saturated rings. The molecule has 0 aliphatic carbocycles. The van der Waals surface area contributed by atoms with Gasteiger partial charge in [-0.05, 0) is 37.5 Å².